The van der Waals surface area contributed by atoms with Crippen molar-refractivity contribution in [2.75, 3.05) is 5.01 Å². The lowest BCUT2D eigenvalue weighted by Crippen LogP contribution is -2.54. The molecule has 0 aromatic heterocycles. The molecule has 3 nitrogen and oxygen atoms in total. The number of anilines is 1. The van der Waals surface area contributed by atoms with Gasteiger partial charge in [0.15, 0.2) is 5.11 Å². The quantitative estimate of drug-likeness (QED) is 0.775. The average Bonchev–Trinajstić information content (AvgIpc) is 2.69. The van der Waals surface area contributed by atoms with Crippen LogP contribution in [0.15, 0.2) is 18.2 Å². The van der Waals surface area contributed by atoms with E-state index in [0.29, 0.717) is 0 Å². The molecule has 1 aliphatic carbocycles. The molecule has 0 radical (unpaired) electrons. The lowest BCUT2D eigenvalue weighted by atomic mass is 9.83. The summed E-state index contributed by atoms with van der Waals surface area (Å²) in [6, 6.07) is 6.37. The van der Waals surface area contributed by atoms with Crippen LogP contribution in [0, 0.1) is 19.8 Å². The lowest BCUT2D eigenvalue weighted by Gasteiger charge is -2.36. The fourth-order valence-electron chi connectivity index (χ4n) is 3.47. The number of thiocarbonyl (C=S) groups is 1. The van der Waals surface area contributed by atoms with Gasteiger partial charge in [0, 0.05) is 0 Å². The highest BCUT2D eigenvalue weighted by atomic mass is 32.1. The second-order valence-corrected chi connectivity index (χ2v) is 6.77. The maximum atomic E-state index is 5.57. The van der Waals surface area contributed by atoms with E-state index in [-0.39, 0.29) is 5.66 Å². The van der Waals surface area contributed by atoms with E-state index in [4.69, 9.17) is 12.2 Å². The number of aryl methyl sites for hydroxylation is 1. The number of nitrogens with zero attached hydrogens (tertiary/aromatic N) is 1. The van der Waals surface area contributed by atoms with Crippen LogP contribution in [0.25, 0.3) is 0 Å². The second-order valence-electron chi connectivity index (χ2n) is 6.38. The van der Waals surface area contributed by atoms with Crippen LogP contribution in [0.2, 0.25) is 0 Å². The van der Waals surface area contributed by atoms with Gasteiger partial charge in [-0.25, -0.2) is 10.4 Å². The summed E-state index contributed by atoms with van der Waals surface area (Å²) in [5.74, 6) is 0.741. The zero-order valence-corrected chi connectivity index (χ0v) is 13.3. The molecule has 20 heavy (non-hydrogen) atoms. The molecule has 1 heterocycles. The van der Waals surface area contributed by atoms with Crippen molar-refractivity contribution in [3.8, 4) is 0 Å². The van der Waals surface area contributed by atoms with Crippen molar-refractivity contribution < 1.29 is 0 Å². The first-order valence-electron chi connectivity index (χ1n) is 7.47. The van der Waals surface area contributed by atoms with Crippen molar-refractivity contribution in [2.45, 2.75) is 52.1 Å². The Morgan fingerprint density at radius 1 is 1.35 bits per heavy atom. The van der Waals surface area contributed by atoms with Crippen LogP contribution in [-0.2, 0) is 0 Å². The van der Waals surface area contributed by atoms with Gasteiger partial charge in [-0.1, -0.05) is 25.5 Å². The molecule has 2 N–H and O–H groups in total. The number of nitrogens with one attached hydrogen (secondary N) is 2. The van der Waals surface area contributed by atoms with Crippen molar-refractivity contribution in [3.63, 3.8) is 0 Å². The number of rotatable bonds is 1. The summed E-state index contributed by atoms with van der Waals surface area (Å²) in [6.07, 6.45) is 4.85. The minimum Gasteiger partial charge on any atom is -0.342 e. The molecule has 0 bridgehead atoms. The van der Waals surface area contributed by atoms with Crippen LogP contribution < -0.4 is 15.8 Å². The molecule has 2 atom stereocenters. The van der Waals surface area contributed by atoms with Crippen LogP contribution >= 0.6 is 12.2 Å². The summed E-state index contributed by atoms with van der Waals surface area (Å²) in [5.41, 5.74) is 7.36. The Labute approximate surface area is 126 Å². The SMILES string of the molecule is Cc1cccc(N2N[C@@]3(CCC[C@H](C)C3)NC2=S)c1C. The number of hydrazine groups is 1. The van der Waals surface area contributed by atoms with Crippen LogP contribution in [0.4, 0.5) is 5.69 Å². The Morgan fingerprint density at radius 3 is 2.90 bits per heavy atom. The Bertz CT molecular complexity index is 543. The normalized spacial score (nSPS) is 29.9. The monoisotopic (exact) mass is 289 g/mol. The fourth-order valence-corrected chi connectivity index (χ4v) is 3.81. The third-order valence-corrected chi connectivity index (χ3v) is 4.97. The summed E-state index contributed by atoms with van der Waals surface area (Å²) in [4.78, 5) is 0. The molecule has 4 heteroatoms. The van der Waals surface area contributed by atoms with Gasteiger partial charge in [0.1, 0.15) is 5.66 Å². The van der Waals surface area contributed by atoms with E-state index in [2.05, 4.69) is 54.7 Å². The molecule has 108 valence electrons. The van der Waals surface area contributed by atoms with Crippen molar-refractivity contribution in [1.29, 1.82) is 0 Å². The zero-order valence-electron chi connectivity index (χ0n) is 12.5. The second kappa shape index (κ2) is 5.01. The summed E-state index contributed by atoms with van der Waals surface area (Å²) in [5, 5.41) is 6.41. The van der Waals surface area contributed by atoms with Crippen molar-refractivity contribution in [3.05, 3.63) is 29.3 Å². The molecule has 2 fully saturated rings. The molecule has 1 aliphatic heterocycles. The van der Waals surface area contributed by atoms with E-state index >= 15 is 0 Å². The molecule has 0 amide bonds. The highest BCUT2D eigenvalue weighted by molar-refractivity contribution is 7.80. The zero-order chi connectivity index (χ0) is 14.3. The maximum Gasteiger partial charge on any atom is 0.189 e. The first kappa shape index (κ1) is 13.8. The predicted molar refractivity (Wildman–Crippen MR) is 87.6 cm³/mol. The van der Waals surface area contributed by atoms with Gasteiger partial charge >= 0.3 is 0 Å². The Balaban J connectivity index is 1.89. The largest absolute Gasteiger partial charge is 0.342 e. The molecule has 3 rings (SSSR count). The van der Waals surface area contributed by atoms with E-state index in [9.17, 15) is 0 Å². The summed E-state index contributed by atoms with van der Waals surface area (Å²) >= 11 is 5.57. The highest BCUT2D eigenvalue weighted by Gasteiger charge is 2.43. The minimum atomic E-state index is -0.0368. The lowest BCUT2D eigenvalue weighted by molar-refractivity contribution is 0.191. The van der Waals surface area contributed by atoms with Gasteiger partial charge in [0.25, 0.3) is 0 Å². The van der Waals surface area contributed by atoms with Gasteiger partial charge in [-0.2, -0.15) is 0 Å². The molecule has 0 unspecified atom stereocenters. The van der Waals surface area contributed by atoms with Gasteiger partial charge in [-0.3, -0.25) is 0 Å². The summed E-state index contributed by atoms with van der Waals surface area (Å²) < 4.78 is 0. The number of hydrogen-bond donors (Lipinski definition) is 2. The first-order valence-corrected chi connectivity index (χ1v) is 7.88. The number of benzene rings is 1. The first-order chi connectivity index (χ1) is 9.51. The van der Waals surface area contributed by atoms with E-state index in [0.717, 1.165) is 29.6 Å². The minimum absolute atomic E-state index is 0.0368. The number of hydrogen-bond acceptors (Lipinski definition) is 2. The van der Waals surface area contributed by atoms with Gasteiger partial charge in [-0.05, 0) is 68.4 Å². The average molecular weight is 289 g/mol. The van der Waals surface area contributed by atoms with Crippen molar-refractivity contribution >= 4 is 23.0 Å². The van der Waals surface area contributed by atoms with Gasteiger partial charge < -0.3 is 5.32 Å². The third-order valence-electron chi connectivity index (χ3n) is 4.69. The van der Waals surface area contributed by atoms with Crippen LogP contribution in [-0.4, -0.2) is 10.8 Å². The summed E-state index contributed by atoms with van der Waals surface area (Å²) in [7, 11) is 0. The van der Waals surface area contributed by atoms with Crippen molar-refractivity contribution in [1.82, 2.24) is 10.7 Å². The standard InChI is InChI=1S/C16H23N3S/c1-11-6-5-9-16(10-11)17-15(20)19(18-16)14-8-4-7-12(2)13(14)3/h4,7-8,11,18H,5-6,9-10H2,1-3H3,(H,17,20)/t11-,16+/m0/s1. The van der Waals surface area contributed by atoms with Gasteiger partial charge in [0.2, 0.25) is 0 Å². The highest BCUT2D eigenvalue weighted by Crippen LogP contribution is 2.35. The Morgan fingerprint density at radius 2 is 2.15 bits per heavy atom. The molecular formula is C16H23N3S. The van der Waals surface area contributed by atoms with Gasteiger partial charge in [0.05, 0.1) is 5.69 Å². The van der Waals surface area contributed by atoms with Crippen LogP contribution in [0.1, 0.15) is 43.7 Å². The van der Waals surface area contributed by atoms with Crippen LogP contribution in [0.5, 0.6) is 0 Å². The predicted octanol–water partition coefficient (Wildman–Crippen LogP) is 3.41. The van der Waals surface area contributed by atoms with E-state index in [1.165, 1.54) is 24.0 Å². The summed E-state index contributed by atoms with van der Waals surface area (Å²) in [6.45, 7) is 6.63. The van der Waals surface area contributed by atoms with Gasteiger partial charge in [-0.15, -0.1) is 0 Å². The Kier molecular flexibility index (Phi) is 3.46. The molecule has 1 aromatic rings. The van der Waals surface area contributed by atoms with E-state index in [1.807, 2.05) is 0 Å². The van der Waals surface area contributed by atoms with E-state index in [1.54, 1.807) is 0 Å². The third kappa shape index (κ3) is 2.31. The topological polar surface area (TPSA) is 27.3 Å². The smallest absolute Gasteiger partial charge is 0.189 e. The molecular weight excluding hydrogens is 266 g/mol. The molecule has 1 aromatic carbocycles. The van der Waals surface area contributed by atoms with Crippen LogP contribution in [0.3, 0.4) is 0 Å². The van der Waals surface area contributed by atoms with E-state index < -0.39 is 0 Å². The molecule has 1 saturated heterocycles. The molecule has 2 aliphatic rings. The molecule has 1 saturated carbocycles. The Hall–Kier alpha value is -1.13. The van der Waals surface area contributed by atoms with Crippen molar-refractivity contribution in [2.24, 2.45) is 5.92 Å². The molecule has 1 spiro atoms. The fraction of sp³-hybridized carbons (Fsp3) is 0.562. The maximum absolute atomic E-state index is 5.57.